The van der Waals surface area contributed by atoms with Gasteiger partial charge in [-0.2, -0.15) is 5.10 Å². The average Bonchev–Trinajstić information content (AvgIpc) is 2.76. The van der Waals surface area contributed by atoms with Gasteiger partial charge in [-0.3, -0.25) is 10.1 Å². The van der Waals surface area contributed by atoms with E-state index in [1.165, 1.54) is 0 Å². The van der Waals surface area contributed by atoms with Crippen LogP contribution in [0.4, 0.5) is 5.82 Å². The fourth-order valence-corrected chi connectivity index (χ4v) is 1.46. The molecule has 84 valence electrons. The molecule has 0 saturated heterocycles. The van der Waals surface area contributed by atoms with E-state index in [2.05, 4.69) is 32.4 Å². The zero-order valence-electron chi connectivity index (χ0n) is 9.65. The van der Waals surface area contributed by atoms with E-state index >= 15 is 0 Å². The van der Waals surface area contributed by atoms with Crippen LogP contribution in [0.2, 0.25) is 0 Å². The van der Waals surface area contributed by atoms with Crippen LogP contribution in [-0.2, 0) is 0 Å². The number of aromatic nitrogens is 4. The molecule has 0 aliphatic carbocycles. The number of hydrogen-bond acceptors (Lipinski definition) is 4. The summed E-state index contributed by atoms with van der Waals surface area (Å²) in [6, 6.07) is 0.161. The van der Waals surface area contributed by atoms with Crippen molar-refractivity contribution in [1.29, 1.82) is 0 Å². The molecule has 0 spiro atoms. The first kappa shape index (κ1) is 10.6. The van der Waals surface area contributed by atoms with Gasteiger partial charge in [-0.15, -0.1) is 0 Å². The normalized spacial score (nSPS) is 12.4. The second-order valence-corrected chi connectivity index (χ2v) is 3.84. The first-order valence-corrected chi connectivity index (χ1v) is 5.22. The SMILES string of the molecule is Cc1cnc(C)c(NC(C)c2cn[nH]c2)n1. The van der Waals surface area contributed by atoms with Crippen LogP contribution in [0.1, 0.15) is 29.9 Å². The third-order valence-corrected chi connectivity index (χ3v) is 2.45. The Morgan fingerprint density at radius 2 is 2.12 bits per heavy atom. The predicted octanol–water partition coefficient (Wildman–Crippen LogP) is 1.99. The van der Waals surface area contributed by atoms with E-state index in [0.29, 0.717) is 0 Å². The van der Waals surface area contributed by atoms with Crippen molar-refractivity contribution >= 4 is 5.82 Å². The summed E-state index contributed by atoms with van der Waals surface area (Å²) in [5.74, 6) is 0.828. The molecule has 0 aliphatic heterocycles. The third-order valence-electron chi connectivity index (χ3n) is 2.45. The van der Waals surface area contributed by atoms with Gasteiger partial charge in [0.15, 0.2) is 0 Å². The topological polar surface area (TPSA) is 66.5 Å². The molecule has 0 amide bonds. The van der Waals surface area contributed by atoms with Crippen LogP contribution >= 0.6 is 0 Å². The Bertz CT molecular complexity index is 463. The quantitative estimate of drug-likeness (QED) is 0.825. The van der Waals surface area contributed by atoms with E-state index in [0.717, 1.165) is 22.8 Å². The summed E-state index contributed by atoms with van der Waals surface area (Å²) < 4.78 is 0. The largest absolute Gasteiger partial charge is 0.362 e. The smallest absolute Gasteiger partial charge is 0.148 e. The Morgan fingerprint density at radius 3 is 2.81 bits per heavy atom. The van der Waals surface area contributed by atoms with Crippen molar-refractivity contribution in [3.63, 3.8) is 0 Å². The van der Waals surface area contributed by atoms with Crippen LogP contribution in [0, 0.1) is 13.8 Å². The number of anilines is 1. The highest BCUT2D eigenvalue weighted by molar-refractivity contribution is 5.41. The molecule has 0 aromatic carbocycles. The van der Waals surface area contributed by atoms with Gasteiger partial charge in [-0.25, -0.2) is 4.98 Å². The van der Waals surface area contributed by atoms with Crippen LogP contribution in [0.25, 0.3) is 0 Å². The molecular weight excluding hydrogens is 202 g/mol. The van der Waals surface area contributed by atoms with Crippen molar-refractivity contribution < 1.29 is 0 Å². The number of rotatable bonds is 3. The van der Waals surface area contributed by atoms with E-state index in [4.69, 9.17) is 0 Å². The molecule has 1 atom stereocenters. The van der Waals surface area contributed by atoms with Crippen molar-refractivity contribution in [1.82, 2.24) is 20.2 Å². The molecule has 2 N–H and O–H groups in total. The molecule has 1 unspecified atom stereocenters. The minimum absolute atomic E-state index is 0.161. The highest BCUT2D eigenvalue weighted by Gasteiger charge is 2.09. The maximum atomic E-state index is 4.42. The van der Waals surface area contributed by atoms with Gasteiger partial charge in [-0.1, -0.05) is 0 Å². The second-order valence-electron chi connectivity index (χ2n) is 3.84. The van der Waals surface area contributed by atoms with Crippen molar-refractivity contribution in [2.24, 2.45) is 0 Å². The summed E-state index contributed by atoms with van der Waals surface area (Å²) in [4.78, 5) is 8.68. The Labute approximate surface area is 94.3 Å². The van der Waals surface area contributed by atoms with Gasteiger partial charge < -0.3 is 5.32 Å². The summed E-state index contributed by atoms with van der Waals surface area (Å²) in [6.07, 6.45) is 5.44. The van der Waals surface area contributed by atoms with Crippen molar-refractivity contribution in [3.05, 3.63) is 35.5 Å². The molecule has 5 nitrogen and oxygen atoms in total. The summed E-state index contributed by atoms with van der Waals surface area (Å²) in [5, 5.41) is 10.0. The Hall–Kier alpha value is -1.91. The summed E-state index contributed by atoms with van der Waals surface area (Å²) in [7, 11) is 0. The number of H-pyrrole nitrogens is 1. The van der Waals surface area contributed by atoms with Gasteiger partial charge >= 0.3 is 0 Å². The summed E-state index contributed by atoms with van der Waals surface area (Å²) in [5.41, 5.74) is 2.91. The minimum atomic E-state index is 0.161. The lowest BCUT2D eigenvalue weighted by Crippen LogP contribution is -2.09. The highest BCUT2D eigenvalue weighted by atomic mass is 15.1. The molecule has 16 heavy (non-hydrogen) atoms. The lowest BCUT2D eigenvalue weighted by Gasteiger charge is -2.14. The molecule has 0 saturated carbocycles. The molecule has 5 heteroatoms. The maximum Gasteiger partial charge on any atom is 0.148 e. The van der Waals surface area contributed by atoms with Crippen molar-refractivity contribution in [2.45, 2.75) is 26.8 Å². The van der Waals surface area contributed by atoms with Crippen molar-refractivity contribution in [3.8, 4) is 0 Å². The zero-order valence-corrected chi connectivity index (χ0v) is 9.65. The minimum Gasteiger partial charge on any atom is -0.362 e. The monoisotopic (exact) mass is 217 g/mol. The zero-order chi connectivity index (χ0) is 11.5. The van der Waals surface area contributed by atoms with Gasteiger partial charge in [0.1, 0.15) is 5.82 Å². The van der Waals surface area contributed by atoms with E-state index < -0.39 is 0 Å². The number of nitrogens with one attached hydrogen (secondary N) is 2. The molecule has 0 bridgehead atoms. The number of nitrogens with zero attached hydrogens (tertiary/aromatic N) is 3. The average molecular weight is 217 g/mol. The number of hydrogen-bond donors (Lipinski definition) is 2. The first-order chi connectivity index (χ1) is 7.66. The molecule has 2 heterocycles. The third kappa shape index (κ3) is 2.18. The first-order valence-electron chi connectivity index (χ1n) is 5.22. The van der Waals surface area contributed by atoms with Crippen LogP contribution in [0.15, 0.2) is 18.6 Å². The molecule has 2 aromatic rings. The van der Waals surface area contributed by atoms with E-state index in [9.17, 15) is 0 Å². The molecule has 0 radical (unpaired) electrons. The van der Waals surface area contributed by atoms with Crippen LogP contribution in [-0.4, -0.2) is 20.2 Å². The number of aryl methyl sites for hydroxylation is 2. The highest BCUT2D eigenvalue weighted by Crippen LogP contribution is 2.18. The Morgan fingerprint density at radius 1 is 1.31 bits per heavy atom. The van der Waals surface area contributed by atoms with Crippen LogP contribution in [0.3, 0.4) is 0 Å². The standard InChI is InChI=1S/C11H15N5/c1-7-4-12-9(3)11(15-7)16-8(2)10-5-13-14-6-10/h4-6,8H,1-3H3,(H,13,14)(H,15,16). The summed E-state index contributed by atoms with van der Waals surface area (Å²) >= 11 is 0. The van der Waals surface area contributed by atoms with Gasteiger partial charge in [0, 0.05) is 18.0 Å². The molecule has 2 aromatic heterocycles. The molecule has 0 aliphatic rings. The van der Waals surface area contributed by atoms with Gasteiger partial charge in [-0.05, 0) is 20.8 Å². The van der Waals surface area contributed by atoms with Gasteiger partial charge in [0.05, 0.1) is 23.6 Å². The van der Waals surface area contributed by atoms with Gasteiger partial charge in [0.2, 0.25) is 0 Å². The van der Waals surface area contributed by atoms with Crippen molar-refractivity contribution in [2.75, 3.05) is 5.32 Å². The van der Waals surface area contributed by atoms with E-state index in [-0.39, 0.29) is 6.04 Å². The number of aromatic amines is 1. The van der Waals surface area contributed by atoms with E-state index in [1.807, 2.05) is 20.0 Å². The fraction of sp³-hybridized carbons (Fsp3) is 0.364. The van der Waals surface area contributed by atoms with E-state index in [1.54, 1.807) is 12.4 Å². The Balaban J connectivity index is 2.17. The molecular formula is C11H15N5. The lowest BCUT2D eigenvalue weighted by molar-refractivity contribution is 0.863. The molecule has 0 fully saturated rings. The maximum absolute atomic E-state index is 4.42. The molecule has 2 rings (SSSR count). The predicted molar refractivity (Wildman–Crippen MR) is 62.1 cm³/mol. The van der Waals surface area contributed by atoms with Crippen LogP contribution < -0.4 is 5.32 Å². The lowest BCUT2D eigenvalue weighted by atomic mass is 10.2. The fourth-order valence-electron chi connectivity index (χ4n) is 1.46. The van der Waals surface area contributed by atoms with Gasteiger partial charge in [0.25, 0.3) is 0 Å². The Kier molecular flexibility index (Phi) is 2.85. The summed E-state index contributed by atoms with van der Waals surface area (Å²) in [6.45, 7) is 5.94. The van der Waals surface area contributed by atoms with Crippen LogP contribution in [0.5, 0.6) is 0 Å². The second kappa shape index (κ2) is 4.30.